The smallest absolute Gasteiger partial charge is 0.0373 e. The number of thioether (sulfide) groups is 1. The van der Waals surface area contributed by atoms with Crippen LogP contribution in [0, 0.1) is 0 Å². The molecular weight excluding hydrogens is 262 g/mol. The summed E-state index contributed by atoms with van der Waals surface area (Å²) in [6, 6.07) is 20.1. The molecule has 0 aliphatic carbocycles. The van der Waals surface area contributed by atoms with Gasteiger partial charge >= 0.3 is 0 Å². The lowest BCUT2D eigenvalue weighted by atomic mass is 10.0. The second-order valence-electron chi connectivity index (χ2n) is 5.33. The van der Waals surface area contributed by atoms with Crippen LogP contribution in [0.4, 0.5) is 5.69 Å². The summed E-state index contributed by atoms with van der Waals surface area (Å²) >= 11 is 2.06. The average molecular weight is 279 g/mol. The standard InChI is InChI=1S/C18H17NS/c1-2-4-15-12-17-13-18(19-7-9-20-10-8-19)6-5-16(17)11-14(15)3-1/h1-6,11-13H,7-10H2. The molecule has 3 aromatic rings. The van der Waals surface area contributed by atoms with Gasteiger partial charge in [-0.1, -0.05) is 30.3 Å². The van der Waals surface area contributed by atoms with Gasteiger partial charge in [0.1, 0.15) is 0 Å². The lowest BCUT2D eigenvalue weighted by Crippen LogP contribution is -2.32. The molecule has 1 saturated heterocycles. The van der Waals surface area contributed by atoms with Crippen LogP contribution in [-0.2, 0) is 0 Å². The SMILES string of the molecule is c1ccc2cc3cc(N4CCSCC4)ccc3cc2c1. The van der Waals surface area contributed by atoms with Crippen molar-refractivity contribution >= 4 is 39.0 Å². The van der Waals surface area contributed by atoms with Crippen molar-refractivity contribution in [1.82, 2.24) is 0 Å². The summed E-state index contributed by atoms with van der Waals surface area (Å²) in [5.41, 5.74) is 1.37. The first-order chi connectivity index (χ1) is 9.90. The fourth-order valence-corrected chi connectivity index (χ4v) is 3.85. The molecule has 0 amide bonds. The Balaban J connectivity index is 1.83. The third-order valence-corrected chi connectivity index (χ3v) is 5.01. The van der Waals surface area contributed by atoms with Gasteiger partial charge in [0.2, 0.25) is 0 Å². The van der Waals surface area contributed by atoms with Gasteiger partial charge in [0, 0.05) is 30.3 Å². The first-order valence-corrected chi connectivity index (χ1v) is 8.31. The molecule has 1 heterocycles. The van der Waals surface area contributed by atoms with E-state index in [9.17, 15) is 0 Å². The predicted molar refractivity (Wildman–Crippen MR) is 91.0 cm³/mol. The Kier molecular flexibility index (Phi) is 3.04. The molecule has 0 saturated carbocycles. The highest BCUT2D eigenvalue weighted by molar-refractivity contribution is 7.99. The van der Waals surface area contributed by atoms with Gasteiger partial charge in [0.05, 0.1) is 0 Å². The molecule has 1 fully saturated rings. The molecule has 0 radical (unpaired) electrons. The minimum atomic E-state index is 1.17. The topological polar surface area (TPSA) is 3.24 Å². The highest BCUT2D eigenvalue weighted by Gasteiger charge is 2.11. The summed E-state index contributed by atoms with van der Waals surface area (Å²) in [7, 11) is 0. The Morgan fingerprint density at radius 1 is 0.700 bits per heavy atom. The minimum Gasteiger partial charge on any atom is -0.370 e. The Morgan fingerprint density at radius 2 is 1.35 bits per heavy atom. The van der Waals surface area contributed by atoms with E-state index < -0.39 is 0 Å². The first kappa shape index (κ1) is 12.1. The largest absolute Gasteiger partial charge is 0.370 e. The van der Waals surface area contributed by atoms with Gasteiger partial charge < -0.3 is 4.90 Å². The van der Waals surface area contributed by atoms with E-state index in [1.165, 1.54) is 51.8 Å². The molecule has 0 bridgehead atoms. The van der Waals surface area contributed by atoms with Crippen molar-refractivity contribution in [2.75, 3.05) is 29.5 Å². The third-order valence-electron chi connectivity index (χ3n) is 4.06. The Hall–Kier alpha value is -1.67. The van der Waals surface area contributed by atoms with Crippen molar-refractivity contribution in [1.29, 1.82) is 0 Å². The molecule has 0 N–H and O–H groups in total. The molecule has 2 heteroatoms. The second-order valence-corrected chi connectivity index (χ2v) is 6.55. The number of hydrogen-bond donors (Lipinski definition) is 0. The van der Waals surface area contributed by atoms with Gasteiger partial charge in [-0.15, -0.1) is 0 Å². The van der Waals surface area contributed by atoms with Crippen LogP contribution in [0.5, 0.6) is 0 Å². The van der Waals surface area contributed by atoms with Crippen LogP contribution in [0.2, 0.25) is 0 Å². The van der Waals surface area contributed by atoms with E-state index in [4.69, 9.17) is 0 Å². The number of hydrogen-bond acceptors (Lipinski definition) is 2. The molecule has 4 rings (SSSR count). The molecule has 0 unspecified atom stereocenters. The summed E-state index contributed by atoms with van der Waals surface area (Å²) in [4.78, 5) is 2.51. The van der Waals surface area contributed by atoms with Gasteiger partial charge in [0.15, 0.2) is 0 Å². The molecule has 1 aliphatic heterocycles. The number of rotatable bonds is 1. The van der Waals surface area contributed by atoms with Crippen molar-refractivity contribution in [2.24, 2.45) is 0 Å². The monoisotopic (exact) mass is 279 g/mol. The maximum absolute atomic E-state index is 2.51. The predicted octanol–water partition coefficient (Wildman–Crippen LogP) is 4.55. The quantitative estimate of drug-likeness (QED) is 0.601. The molecule has 1 nitrogen and oxygen atoms in total. The van der Waals surface area contributed by atoms with Crippen LogP contribution in [0.1, 0.15) is 0 Å². The molecular formula is C18H17NS. The summed E-state index contributed by atoms with van der Waals surface area (Å²) < 4.78 is 0. The van der Waals surface area contributed by atoms with E-state index >= 15 is 0 Å². The Bertz CT molecular complexity index is 760. The fourth-order valence-electron chi connectivity index (χ4n) is 2.95. The zero-order valence-electron chi connectivity index (χ0n) is 11.4. The van der Waals surface area contributed by atoms with Gasteiger partial charge in [-0.2, -0.15) is 11.8 Å². The molecule has 0 spiro atoms. The molecule has 0 atom stereocenters. The van der Waals surface area contributed by atoms with Gasteiger partial charge in [-0.05, 0) is 45.8 Å². The first-order valence-electron chi connectivity index (χ1n) is 7.15. The summed E-state index contributed by atoms with van der Waals surface area (Å²) in [6.07, 6.45) is 0. The molecule has 0 aromatic heterocycles. The third kappa shape index (κ3) is 2.14. The molecule has 100 valence electrons. The lowest BCUT2D eigenvalue weighted by molar-refractivity contribution is 0.860. The van der Waals surface area contributed by atoms with Crippen molar-refractivity contribution in [2.45, 2.75) is 0 Å². The van der Waals surface area contributed by atoms with Crippen molar-refractivity contribution in [3.8, 4) is 0 Å². The number of anilines is 1. The van der Waals surface area contributed by atoms with E-state index in [0.29, 0.717) is 0 Å². The minimum absolute atomic E-state index is 1.17. The van der Waals surface area contributed by atoms with Crippen LogP contribution in [-0.4, -0.2) is 24.6 Å². The Labute approximate surface area is 123 Å². The van der Waals surface area contributed by atoms with E-state index in [-0.39, 0.29) is 0 Å². The normalized spacial score (nSPS) is 15.9. The Morgan fingerprint density at radius 3 is 2.10 bits per heavy atom. The number of nitrogens with zero attached hydrogens (tertiary/aromatic N) is 1. The van der Waals surface area contributed by atoms with Crippen LogP contribution in [0.15, 0.2) is 54.6 Å². The highest BCUT2D eigenvalue weighted by Crippen LogP contribution is 2.28. The maximum atomic E-state index is 2.51. The lowest BCUT2D eigenvalue weighted by Gasteiger charge is -2.28. The van der Waals surface area contributed by atoms with Crippen LogP contribution < -0.4 is 4.90 Å². The zero-order valence-corrected chi connectivity index (χ0v) is 12.2. The summed E-state index contributed by atoms with van der Waals surface area (Å²) in [6.45, 7) is 2.34. The average Bonchev–Trinajstić information content (AvgIpc) is 2.53. The fraction of sp³-hybridized carbons (Fsp3) is 0.222. The molecule has 1 aliphatic rings. The summed E-state index contributed by atoms with van der Waals surface area (Å²) in [5, 5.41) is 5.33. The van der Waals surface area contributed by atoms with E-state index in [2.05, 4.69) is 71.3 Å². The van der Waals surface area contributed by atoms with E-state index in [1.807, 2.05) is 0 Å². The number of fused-ring (bicyclic) bond motifs is 2. The number of benzene rings is 3. The van der Waals surface area contributed by atoms with Crippen LogP contribution >= 0.6 is 11.8 Å². The van der Waals surface area contributed by atoms with E-state index in [1.54, 1.807) is 0 Å². The van der Waals surface area contributed by atoms with Crippen LogP contribution in [0.25, 0.3) is 21.5 Å². The van der Waals surface area contributed by atoms with Crippen molar-refractivity contribution < 1.29 is 0 Å². The summed E-state index contributed by atoms with van der Waals surface area (Å²) in [5.74, 6) is 2.49. The molecule has 3 aromatic carbocycles. The van der Waals surface area contributed by atoms with Crippen molar-refractivity contribution in [3.05, 3.63) is 54.6 Å². The van der Waals surface area contributed by atoms with Crippen LogP contribution in [0.3, 0.4) is 0 Å². The van der Waals surface area contributed by atoms with Gasteiger partial charge in [0.25, 0.3) is 0 Å². The molecule has 20 heavy (non-hydrogen) atoms. The zero-order chi connectivity index (χ0) is 13.4. The maximum Gasteiger partial charge on any atom is 0.0373 e. The van der Waals surface area contributed by atoms with Gasteiger partial charge in [-0.3, -0.25) is 0 Å². The highest BCUT2D eigenvalue weighted by atomic mass is 32.2. The van der Waals surface area contributed by atoms with E-state index in [0.717, 1.165) is 0 Å². The van der Waals surface area contributed by atoms with Gasteiger partial charge in [-0.25, -0.2) is 0 Å². The van der Waals surface area contributed by atoms with Crippen molar-refractivity contribution in [3.63, 3.8) is 0 Å². The second kappa shape index (κ2) is 5.02.